The lowest BCUT2D eigenvalue weighted by molar-refractivity contribution is 0.626. The van der Waals surface area contributed by atoms with Crippen molar-refractivity contribution in [1.82, 2.24) is 14.5 Å². The molecule has 1 atom stereocenters. The number of nitrogens with two attached hydrogens (primary N) is 1. The van der Waals surface area contributed by atoms with Crippen LogP contribution in [0, 0.1) is 0 Å². The molecule has 4 rings (SSSR count). The highest BCUT2D eigenvalue weighted by molar-refractivity contribution is 7.13. The minimum Gasteiger partial charge on any atom is -0.330 e. The standard InChI is InChI=1S/C21H20N4S/c1-25-19(15-7-9-16(10-8-15)20-6-4-12-26-20)14-24-21(25)18(22)13-17-5-2-3-11-23-17/h2-12,14,18H,13,22H2,1H3/t18-/m0/s1. The van der Waals surface area contributed by atoms with Crippen LogP contribution >= 0.6 is 11.3 Å². The summed E-state index contributed by atoms with van der Waals surface area (Å²) < 4.78 is 2.08. The smallest absolute Gasteiger partial charge is 0.126 e. The Morgan fingerprint density at radius 1 is 1.00 bits per heavy atom. The van der Waals surface area contributed by atoms with Crippen molar-refractivity contribution in [2.75, 3.05) is 0 Å². The minimum atomic E-state index is -0.186. The van der Waals surface area contributed by atoms with Crippen molar-refractivity contribution in [3.8, 4) is 21.7 Å². The van der Waals surface area contributed by atoms with Gasteiger partial charge in [-0.25, -0.2) is 4.98 Å². The minimum absolute atomic E-state index is 0.186. The van der Waals surface area contributed by atoms with Crippen LogP contribution in [0.4, 0.5) is 0 Å². The molecule has 0 fully saturated rings. The molecular formula is C21H20N4S. The van der Waals surface area contributed by atoms with Gasteiger partial charge in [-0.15, -0.1) is 11.3 Å². The van der Waals surface area contributed by atoms with Crippen molar-refractivity contribution in [1.29, 1.82) is 0 Å². The van der Waals surface area contributed by atoms with Gasteiger partial charge in [-0.1, -0.05) is 36.4 Å². The highest BCUT2D eigenvalue weighted by atomic mass is 32.1. The second kappa shape index (κ2) is 7.23. The molecule has 0 amide bonds. The van der Waals surface area contributed by atoms with Crippen LogP contribution in [-0.2, 0) is 13.5 Å². The molecule has 1 aromatic carbocycles. The van der Waals surface area contributed by atoms with Crippen LogP contribution in [0.5, 0.6) is 0 Å². The molecule has 0 bridgehead atoms. The second-order valence-electron chi connectivity index (χ2n) is 6.25. The van der Waals surface area contributed by atoms with Crippen LogP contribution in [0.3, 0.4) is 0 Å². The Morgan fingerprint density at radius 2 is 1.81 bits per heavy atom. The molecule has 130 valence electrons. The molecule has 0 spiro atoms. The van der Waals surface area contributed by atoms with Gasteiger partial charge in [0.15, 0.2) is 0 Å². The molecule has 3 aromatic heterocycles. The van der Waals surface area contributed by atoms with Crippen LogP contribution in [0.1, 0.15) is 17.6 Å². The fourth-order valence-corrected chi connectivity index (χ4v) is 3.85. The molecule has 5 heteroatoms. The largest absolute Gasteiger partial charge is 0.330 e. The van der Waals surface area contributed by atoms with E-state index in [0.29, 0.717) is 6.42 Å². The van der Waals surface area contributed by atoms with Gasteiger partial charge in [-0.2, -0.15) is 0 Å². The molecule has 0 radical (unpaired) electrons. The average Bonchev–Trinajstić information content (AvgIpc) is 3.33. The van der Waals surface area contributed by atoms with Gasteiger partial charge < -0.3 is 10.3 Å². The zero-order valence-electron chi connectivity index (χ0n) is 14.5. The zero-order chi connectivity index (χ0) is 17.9. The number of benzene rings is 1. The van der Waals surface area contributed by atoms with E-state index in [1.165, 1.54) is 10.4 Å². The summed E-state index contributed by atoms with van der Waals surface area (Å²) in [5.41, 5.74) is 10.8. The number of nitrogens with zero attached hydrogens (tertiary/aromatic N) is 3. The molecule has 2 N–H and O–H groups in total. The molecular weight excluding hydrogens is 340 g/mol. The van der Waals surface area contributed by atoms with Gasteiger partial charge in [0.25, 0.3) is 0 Å². The Morgan fingerprint density at radius 3 is 2.50 bits per heavy atom. The Bertz CT molecular complexity index is 973. The summed E-state index contributed by atoms with van der Waals surface area (Å²) in [5.74, 6) is 0.869. The number of rotatable bonds is 5. The molecule has 0 aliphatic carbocycles. The average molecular weight is 360 g/mol. The number of hydrogen-bond acceptors (Lipinski definition) is 4. The van der Waals surface area contributed by atoms with E-state index in [0.717, 1.165) is 22.8 Å². The van der Waals surface area contributed by atoms with Gasteiger partial charge >= 0.3 is 0 Å². The van der Waals surface area contributed by atoms with E-state index in [1.807, 2.05) is 31.4 Å². The lowest BCUT2D eigenvalue weighted by atomic mass is 10.1. The maximum absolute atomic E-state index is 6.39. The van der Waals surface area contributed by atoms with Crippen molar-refractivity contribution < 1.29 is 0 Å². The fourth-order valence-electron chi connectivity index (χ4n) is 3.12. The number of imidazole rings is 1. The van der Waals surface area contributed by atoms with Gasteiger partial charge in [0.05, 0.1) is 17.9 Å². The number of aromatic nitrogens is 3. The summed E-state index contributed by atoms with van der Waals surface area (Å²) in [6, 6.07) is 18.5. The Hall–Kier alpha value is -2.76. The highest BCUT2D eigenvalue weighted by Gasteiger charge is 2.16. The van der Waals surface area contributed by atoms with Gasteiger partial charge in [0, 0.05) is 30.2 Å². The molecule has 0 saturated heterocycles. The third-order valence-electron chi connectivity index (χ3n) is 4.50. The Balaban J connectivity index is 1.57. The lowest BCUT2D eigenvalue weighted by Crippen LogP contribution is -2.18. The quantitative estimate of drug-likeness (QED) is 0.572. The summed E-state index contributed by atoms with van der Waals surface area (Å²) in [4.78, 5) is 10.2. The third-order valence-corrected chi connectivity index (χ3v) is 5.42. The molecule has 26 heavy (non-hydrogen) atoms. The van der Waals surface area contributed by atoms with E-state index in [9.17, 15) is 0 Å². The van der Waals surface area contributed by atoms with Gasteiger partial charge in [0.1, 0.15) is 5.82 Å². The van der Waals surface area contributed by atoms with E-state index in [4.69, 9.17) is 5.73 Å². The molecule has 4 nitrogen and oxygen atoms in total. The third kappa shape index (κ3) is 3.31. The van der Waals surface area contributed by atoms with Crippen molar-refractivity contribution in [3.05, 3.63) is 83.9 Å². The van der Waals surface area contributed by atoms with E-state index >= 15 is 0 Å². The van der Waals surface area contributed by atoms with Crippen LogP contribution in [0.2, 0.25) is 0 Å². The first kappa shape index (κ1) is 16.7. The molecule has 4 aromatic rings. The SMILES string of the molecule is Cn1c(-c2ccc(-c3cccs3)cc2)cnc1[C@@H](N)Cc1ccccn1. The summed E-state index contributed by atoms with van der Waals surface area (Å²) in [6.07, 6.45) is 4.36. The van der Waals surface area contributed by atoms with Crippen molar-refractivity contribution in [3.63, 3.8) is 0 Å². The topological polar surface area (TPSA) is 56.7 Å². The molecule has 0 saturated carbocycles. The first-order valence-corrected chi connectivity index (χ1v) is 9.42. The number of thiophene rings is 1. The summed E-state index contributed by atoms with van der Waals surface area (Å²) in [6.45, 7) is 0. The van der Waals surface area contributed by atoms with Crippen LogP contribution in [0.15, 0.2) is 72.4 Å². The lowest BCUT2D eigenvalue weighted by Gasteiger charge is -2.13. The maximum Gasteiger partial charge on any atom is 0.126 e. The monoisotopic (exact) mass is 360 g/mol. The van der Waals surface area contributed by atoms with Gasteiger partial charge in [-0.05, 0) is 34.7 Å². The Labute approximate surface area is 157 Å². The zero-order valence-corrected chi connectivity index (χ0v) is 15.4. The predicted octanol–water partition coefficient (Wildman–Crippen LogP) is 4.45. The fraction of sp³-hybridized carbons (Fsp3) is 0.143. The van der Waals surface area contributed by atoms with Crippen LogP contribution < -0.4 is 5.73 Å². The van der Waals surface area contributed by atoms with E-state index < -0.39 is 0 Å². The van der Waals surface area contributed by atoms with Crippen LogP contribution in [0.25, 0.3) is 21.7 Å². The molecule has 0 unspecified atom stereocenters. The summed E-state index contributed by atoms with van der Waals surface area (Å²) >= 11 is 1.75. The Kier molecular flexibility index (Phi) is 4.65. The van der Waals surface area contributed by atoms with Crippen LogP contribution in [-0.4, -0.2) is 14.5 Å². The normalized spacial score (nSPS) is 12.2. The number of pyridine rings is 1. The second-order valence-corrected chi connectivity index (χ2v) is 7.19. The number of hydrogen-bond donors (Lipinski definition) is 1. The highest BCUT2D eigenvalue weighted by Crippen LogP contribution is 2.28. The van der Waals surface area contributed by atoms with Crippen molar-refractivity contribution >= 4 is 11.3 Å². The summed E-state index contributed by atoms with van der Waals surface area (Å²) in [5, 5.41) is 2.10. The van der Waals surface area contributed by atoms with E-state index in [2.05, 4.69) is 56.3 Å². The summed E-state index contributed by atoms with van der Waals surface area (Å²) in [7, 11) is 2.02. The molecule has 0 aliphatic rings. The first-order chi connectivity index (χ1) is 12.7. The van der Waals surface area contributed by atoms with E-state index in [-0.39, 0.29) is 6.04 Å². The molecule has 3 heterocycles. The maximum atomic E-state index is 6.39. The van der Waals surface area contributed by atoms with Gasteiger partial charge in [0.2, 0.25) is 0 Å². The molecule has 0 aliphatic heterocycles. The van der Waals surface area contributed by atoms with Crippen molar-refractivity contribution in [2.24, 2.45) is 12.8 Å². The predicted molar refractivity (Wildman–Crippen MR) is 107 cm³/mol. The van der Waals surface area contributed by atoms with Crippen molar-refractivity contribution in [2.45, 2.75) is 12.5 Å². The van der Waals surface area contributed by atoms with Gasteiger partial charge in [-0.3, -0.25) is 4.98 Å². The van der Waals surface area contributed by atoms with E-state index in [1.54, 1.807) is 17.5 Å². The first-order valence-electron chi connectivity index (χ1n) is 8.54.